The van der Waals surface area contributed by atoms with Crippen molar-refractivity contribution in [2.45, 2.75) is 5.41 Å². The standard InChI is InChI=1S/C53H32N4O/c1-2-14-34(15-3-1)50-55-51(57-52(56-50)42-22-12-17-33-13-4-6-18-38(33)42)36-26-28-49-47(30-36)53(44-23-10-8-20-40(44)41-21-9-11-24-45(41)53)46-29-35(25-27-48(46)58-49)43-32-54-31-37-16-5-7-19-39(37)43/h1-32H. The molecular weight excluding hydrogens is 709 g/mol. The van der Waals surface area contributed by atoms with Crippen LogP contribution in [0.15, 0.2) is 194 Å². The lowest BCUT2D eigenvalue weighted by molar-refractivity contribution is 0.436. The van der Waals surface area contributed by atoms with Gasteiger partial charge in [-0.1, -0.05) is 152 Å². The van der Waals surface area contributed by atoms with E-state index in [1.165, 1.54) is 22.3 Å². The highest BCUT2D eigenvalue weighted by Crippen LogP contribution is 2.62. The minimum atomic E-state index is -0.701. The van der Waals surface area contributed by atoms with Gasteiger partial charge in [-0.15, -0.1) is 0 Å². The summed E-state index contributed by atoms with van der Waals surface area (Å²) in [5.41, 5.74) is 11.2. The first-order valence-electron chi connectivity index (χ1n) is 19.5. The summed E-state index contributed by atoms with van der Waals surface area (Å²) < 4.78 is 6.93. The van der Waals surface area contributed by atoms with Gasteiger partial charge in [-0.25, -0.2) is 15.0 Å². The quantitative estimate of drug-likeness (QED) is 0.180. The maximum atomic E-state index is 6.93. The molecule has 0 bridgehead atoms. The van der Waals surface area contributed by atoms with Crippen molar-refractivity contribution in [3.63, 3.8) is 0 Å². The molecule has 0 radical (unpaired) electrons. The van der Waals surface area contributed by atoms with E-state index in [1.807, 2.05) is 42.7 Å². The van der Waals surface area contributed by atoms with Crippen molar-refractivity contribution < 1.29 is 4.74 Å². The lowest BCUT2D eigenvalue weighted by Crippen LogP contribution is -2.32. The summed E-state index contributed by atoms with van der Waals surface area (Å²) in [5.74, 6) is 3.46. The van der Waals surface area contributed by atoms with Crippen molar-refractivity contribution in [3.05, 3.63) is 217 Å². The number of ether oxygens (including phenoxy) is 1. The number of fused-ring (bicyclic) bond motifs is 11. The van der Waals surface area contributed by atoms with Gasteiger partial charge in [-0.05, 0) is 74.3 Å². The van der Waals surface area contributed by atoms with Gasteiger partial charge >= 0.3 is 0 Å². The van der Waals surface area contributed by atoms with Crippen LogP contribution in [0, 0.1) is 0 Å². The first kappa shape index (κ1) is 32.5. The number of pyridine rings is 1. The molecule has 0 saturated carbocycles. The fourth-order valence-electron chi connectivity index (χ4n) is 9.32. The summed E-state index contributed by atoms with van der Waals surface area (Å²) in [6.45, 7) is 0. The van der Waals surface area contributed by atoms with Gasteiger partial charge in [-0.3, -0.25) is 4.98 Å². The fraction of sp³-hybridized carbons (Fsp3) is 0.0189. The van der Waals surface area contributed by atoms with Crippen LogP contribution >= 0.6 is 0 Å². The predicted molar refractivity (Wildman–Crippen MR) is 232 cm³/mol. The van der Waals surface area contributed by atoms with Crippen molar-refractivity contribution in [1.82, 2.24) is 19.9 Å². The van der Waals surface area contributed by atoms with E-state index in [9.17, 15) is 0 Å². The van der Waals surface area contributed by atoms with E-state index in [-0.39, 0.29) is 0 Å². The van der Waals surface area contributed by atoms with E-state index in [0.717, 1.165) is 72.0 Å². The normalized spacial score (nSPS) is 13.1. The molecule has 0 saturated heterocycles. The SMILES string of the molecule is c1ccc(-c2nc(-c3ccc4c(c3)C3(c5cc(-c6cncc7ccccc67)ccc5O4)c4ccccc4-c4ccccc43)nc(-c3cccc4ccccc34)n2)cc1. The highest BCUT2D eigenvalue weighted by atomic mass is 16.5. The molecule has 1 aliphatic heterocycles. The van der Waals surface area contributed by atoms with Crippen LogP contribution in [0.1, 0.15) is 22.3 Å². The number of benzene rings is 8. The molecule has 270 valence electrons. The Morgan fingerprint density at radius 1 is 0.345 bits per heavy atom. The topological polar surface area (TPSA) is 60.8 Å². The second kappa shape index (κ2) is 12.6. The van der Waals surface area contributed by atoms with Crippen LogP contribution in [0.3, 0.4) is 0 Å². The van der Waals surface area contributed by atoms with Crippen LogP contribution in [0.4, 0.5) is 0 Å². The maximum absolute atomic E-state index is 6.93. The zero-order chi connectivity index (χ0) is 38.2. The van der Waals surface area contributed by atoms with Gasteiger partial charge < -0.3 is 4.74 Å². The third-order valence-corrected chi connectivity index (χ3v) is 11.9. The smallest absolute Gasteiger partial charge is 0.164 e. The summed E-state index contributed by atoms with van der Waals surface area (Å²) in [6, 6.07) is 63.9. The van der Waals surface area contributed by atoms with Gasteiger partial charge in [0.25, 0.3) is 0 Å². The molecule has 58 heavy (non-hydrogen) atoms. The molecule has 0 atom stereocenters. The van der Waals surface area contributed by atoms with Crippen molar-refractivity contribution >= 4 is 21.5 Å². The second-order valence-corrected chi connectivity index (χ2v) is 15.0. The predicted octanol–water partition coefficient (Wildman–Crippen LogP) is 12.7. The maximum Gasteiger partial charge on any atom is 0.164 e. The first-order valence-corrected chi connectivity index (χ1v) is 19.5. The molecule has 3 heterocycles. The molecule has 12 rings (SSSR count). The summed E-state index contributed by atoms with van der Waals surface area (Å²) in [7, 11) is 0. The molecular formula is C53H32N4O. The lowest BCUT2D eigenvalue weighted by Gasteiger charge is -2.40. The molecule has 1 spiro atoms. The summed E-state index contributed by atoms with van der Waals surface area (Å²) in [4.78, 5) is 20.2. The monoisotopic (exact) mass is 740 g/mol. The molecule has 0 fully saturated rings. The molecule has 0 amide bonds. The minimum Gasteiger partial charge on any atom is -0.457 e. The third-order valence-electron chi connectivity index (χ3n) is 11.9. The Bertz CT molecular complexity index is 3230. The van der Waals surface area contributed by atoms with Crippen LogP contribution in [0.5, 0.6) is 11.5 Å². The third kappa shape index (κ3) is 4.77. The average molecular weight is 741 g/mol. The van der Waals surface area contributed by atoms with Gasteiger partial charge in [0.05, 0.1) is 5.41 Å². The summed E-state index contributed by atoms with van der Waals surface area (Å²) in [5, 5.41) is 4.48. The second-order valence-electron chi connectivity index (χ2n) is 15.0. The van der Waals surface area contributed by atoms with Crippen molar-refractivity contribution in [2.24, 2.45) is 0 Å². The molecule has 5 nitrogen and oxygen atoms in total. The molecule has 1 aliphatic carbocycles. The number of rotatable bonds is 4. The van der Waals surface area contributed by atoms with Crippen LogP contribution in [0.25, 0.3) is 78.0 Å². The molecule has 8 aromatic carbocycles. The molecule has 5 heteroatoms. The van der Waals surface area contributed by atoms with Gasteiger partial charge in [0.2, 0.25) is 0 Å². The Morgan fingerprint density at radius 3 is 1.62 bits per heavy atom. The first-order chi connectivity index (χ1) is 28.7. The number of aromatic nitrogens is 4. The average Bonchev–Trinajstić information content (AvgIpc) is 3.59. The van der Waals surface area contributed by atoms with Crippen LogP contribution in [-0.4, -0.2) is 19.9 Å². The zero-order valence-corrected chi connectivity index (χ0v) is 31.2. The van der Waals surface area contributed by atoms with Crippen molar-refractivity contribution in [3.8, 4) is 67.9 Å². The Labute approximate surface area is 335 Å². The lowest BCUT2D eigenvalue weighted by atomic mass is 9.65. The number of hydrogen-bond donors (Lipinski definition) is 0. The Morgan fingerprint density at radius 2 is 0.879 bits per heavy atom. The summed E-state index contributed by atoms with van der Waals surface area (Å²) >= 11 is 0. The van der Waals surface area contributed by atoms with Gasteiger partial charge in [-0.2, -0.15) is 0 Å². The van der Waals surface area contributed by atoms with Crippen LogP contribution < -0.4 is 4.74 Å². The van der Waals surface area contributed by atoms with E-state index in [1.54, 1.807) is 0 Å². The van der Waals surface area contributed by atoms with Crippen LogP contribution in [0.2, 0.25) is 0 Å². The van der Waals surface area contributed by atoms with E-state index in [2.05, 4.69) is 157 Å². The van der Waals surface area contributed by atoms with E-state index < -0.39 is 5.41 Å². The Hall–Kier alpha value is -7.76. The van der Waals surface area contributed by atoms with Gasteiger partial charge in [0.15, 0.2) is 17.5 Å². The van der Waals surface area contributed by atoms with Gasteiger partial charge in [0.1, 0.15) is 11.5 Å². The largest absolute Gasteiger partial charge is 0.457 e. The molecule has 0 N–H and O–H groups in total. The van der Waals surface area contributed by atoms with E-state index >= 15 is 0 Å². The Kier molecular flexibility index (Phi) is 7.07. The molecule has 10 aromatic rings. The highest BCUT2D eigenvalue weighted by molar-refractivity contribution is 5.98. The molecule has 2 aromatic heterocycles. The number of nitrogens with zero attached hydrogens (tertiary/aromatic N) is 4. The number of hydrogen-bond acceptors (Lipinski definition) is 5. The van der Waals surface area contributed by atoms with Crippen molar-refractivity contribution in [1.29, 1.82) is 0 Å². The van der Waals surface area contributed by atoms with Crippen LogP contribution in [-0.2, 0) is 5.41 Å². The fourth-order valence-corrected chi connectivity index (χ4v) is 9.32. The highest BCUT2D eigenvalue weighted by Gasteiger charge is 2.51. The zero-order valence-electron chi connectivity index (χ0n) is 31.2. The van der Waals surface area contributed by atoms with Crippen molar-refractivity contribution in [2.75, 3.05) is 0 Å². The molecule has 2 aliphatic rings. The Balaban J connectivity index is 1.13. The van der Waals surface area contributed by atoms with E-state index in [4.69, 9.17) is 19.7 Å². The molecule has 0 unspecified atom stereocenters. The minimum absolute atomic E-state index is 0.593. The van der Waals surface area contributed by atoms with Gasteiger partial charge in [0, 0.05) is 51.2 Å². The summed E-state index contributed by atoms with van der Waals surface area (Å²) in [6.07, 6.45) is 3.90. The van der Waals surface area contributed by atoms with E-state index in [0.29, 0.717) is 17.5 Å².